The van der Waals surface area contributed by atoms with Crippen LogP contribution >= 0.6 is 0 Å². The fraction of sp³-hybridized carbons (Fsp3) is 0.659. The molecule has 1 aromatic carbocycles. The summed E-state index contributed by atoms with van der Waals surface area (Å²) >= 11 is 0. The van der Waals surface area contributed by atoms with Crippen molar-refractivity contribution in [2.75, 3.05) is 13.7 Å². The van der Waals surface area contributed by atoms with Crippen molar-refractivity contribution in [2.24, 2.45) is 22.2 Å². The second-order valence-electron chi connectivity index (χ2n) is 19.4. The number of Topliss-reactive ketones (excluding diaryl/α,β-unsaturated/α-hetero) is 1. The molecule has 4 fully saturated rings. The second kappa shape index (κ2) is 16.1. The number of ether oxygens (including phenoxy) is 8. The van der Waals surface area contributed by atoms with Crippen LogP contribution in [0.4, 0.5) is 9.59 Å². The monoisotopic (exact) mass is 903 g/mol. The lowest BCUT2D eigenvalue weighted by Gasteiger charge is -2.67. The molecule has 0 spiro atoms. The van der Waals surface area contributed by atoms with Gasteiger partial charge in [0.15, 0.2) is 29.9 Å². The standard InChI is InChI=1S/C44H57NO19/c1-20-25-26(59-21(2)46)30(48)41(9)23(47)17-24-43(19-58-24,64-37(55)57-11)28(41)31(61-32(49)22-15-13-12-14-16-22)44(56,39(25,6)7)18-40(20,8)62-33(50)27-29(45-36(54)63-38(3,4)5)42(10,34(51)52)35(53)60-27/h12-16,23-24,26-29,31,35,47,53,56H,17-19H2,1-11H3,(H,45,54)(H,51,52)/t23-,24+,26+,27?,28?,29+,31-,35?,40-,41+,42?,43-,44+/m0/s1. The summed E-state index contributed by atoms with van der Waals surface area (Å²) in [4.78, 5) is 96.6. The first-order valence-corrected chi connectivity index (χ1v) is 20.7. The number of hydrogen-bond acceptors (Lipinski definition) is 18. The number of ketones is 1. The van der Waals surface area contributed by atoms with Crippen molar-refractivity contribution >= 4 is 41.9 Å². The van der Waals surface area contributed by atoms with Crippen LogP contribution in [0, 0.1) is 22.2 Å². The van der Waals surface area contributed by atoms with Gasteiger partial charge in [0.2, 0.25) is 0 Å². The minimum absolute atomic E-state index is 0.00335. The van der Waals surface area contributed by atoms with Gasteiger partial charge in [0.05, 0.1) is 42.8 Å². The van der Waals surface area contributed by atoms with E-state index in [0.717, 1.165) is 21.0 Å². The highest BCUT2D eigenvalue weighted by molar-refractivity contribution is 5.96. The molecule has 2 aliphatic heterocycles. The number of carbonyl (C=O) groups excluding carboxylic acids is 6. The van der Waals surface area contributed by atoms with Gasteiger partial charge in [0, 0.05) is 25.2 Å². The lowest BCUT2D eigenvalue weighted by molar-refractivity contribution is -0.345. The Morgan fingerprint density at radius 1 is 0.938 bits per heavy atom. The summed E-state index contributed by atoms with van der Waals surface area (Å²) in [6.07, 6.45) is -14.4. The van der Waals surface area contributed by atoms with E-state index in [1.165, 1.54) is 46.8 Å². The Morgan fingerprint density at radius 3 is 2.09 bits per heavy atom. The third kappa shape index (κ3) is 7.40. The van der Waals surface area contributed by atoms with E-state index in [2.05, 4.69) is 5.32 Å². The molecule has 3 aliphatic carbocycles. The average molecular weight is 904 g/mol. The number of nitrogens with one attached hydrogen (secondary N) is 1. The van der Waals surface area contributed by atoms with Crippen LogP contribution in [-0.4, -0.2) is 141 Å². The van der Waals surface area contributed by atoms with Crippen molar-refractivity contribution < 1.29 is 91.9 Å². The number of benzene rings is 1. The van der Waals surface area contributed by atoms with Gasteiger partial charge in [-0.05, 0) is 71.7 Å². The van der Waals surface area contributed by atoms with Crippen molar-refractivity contribution in [3.63, 3.8) is 0 Å². The molecule has 0 aromatic heterocycles. The summed E-state index contributed by atoms with van der Waals surface area (Å²) in [6.45, 7) is 13.3. The van der Waals surface area contributed by atoms with Gasteiger partial charge in [-0.2, -0.15) is 0 Å². The van der Waals surface area contributed by atoms with Crippen LogP contribution in [0.1, 0.15) is 92.4 Å². The molecule has 20 nitrogen and oxygen atoms in total. The normalized spacial score (nSPS) is 38.7. The van der Waals surface area contributed by atoms with Crippen molar-refractivity contribution in [1.82, 2.24) is 5.32 Å². The Hall–Kier alpha value is -5.15. The fourth-order valence-electron chi connectivity index (χ4n) is 10.4. The van der Waals surface area contributed by atoms with E-state index in [1.807, 2.05) is 0 Å². The molecule has 6 rings (SSSR count). The van der Waals surface area contributed by atoms with Crippen LogP contribution in [0.25, 0.3) is 0 Å². The number of hydrogen-bond donors (Lipinski definition) is 5. The maximum absolute atomic E-state index is 15.6. The molecule has 0 radical (unpaired) electrons. The molecule has 13 atom stereocenters. The number of aliphatic hydroxyl groups is 3. The van der Waals surface area contributed by atoms with E-state index in [-0.39, 0.29) is 23.1 Å². The highest BCUT2D eigenvalue weighted by Gasteiger charge is 2.79. The number of carboxylic acid groups (broad SMARTS) is 1. The van der Waals surface area contributed by atoms with E-state index in [1.54, 1.807) is 39.0 Å². The maximum atomic E-state index is 15.6. The lowest BCUT2D eigenvalue weighted by Crippen LogP contribution is -2.82. The molecule has 64 heavy (non-hydrogen) atoms. The molecule has 4 unspecified atom stereocenters. The molecule has 1 aromatic rings. The Kier molecular flexibility index (Phi) is 12.1. The van der Waals surface area contributed by atoms with Crippen molar-refractivity contribution in [3.05, 3.63) is 47.0 Å². The van der Waals surface area contributed by atoms with Gasteiger partial charge in [-0.15, -0.1) is 0 Å². The quantitative estimate of drug-likeness (QED) is 0.142. The van der Waals surface area contributed by atoms with Crippen molar-refractivity contribution in [2.45, 2.75) is 147 Å². The van der Waals surface area contributed by atoms with E-state index in [4.69, 9.17) is 37.9 Å². The number of amides is 1. The molecular weight excluding hydrogens is 846 g/mol. The Bertz CT molecular complexity index is 2150. The van der Waals surface area contributed by atoms with Crippen LogP contribution < -0.4 is 5.32 Å². The van der Waals surface area contributed by atoms with Crippen LogP contribution in [0.2, 0.25) is 0 Å². The van der Waals surface area contributed by atoms with Gasteiger partial charge in [0.25, 0.3) is 0 Å². The molecule has 5 N–H and O–H groups in total. The summed E-state index contributed by atoms with van der Waals surface area (Å²) in [5.74, 6) is -7.69. The SMILES string of the molecule is COC(=O)O[C@@]12CO[C@@H]1C[C@H](O)[C@@]1(C)C(=O)[C@H](OC(C)=O)C3=C(C)[C@@](C)(OC(=O)C4OC(O)C(C)(C(=O)O)[C@@H]4NC(=O)OC(C)(C)C)C[C@@](O)([C@@H](OC(=O)c4ccccc4)C12)C3(C)C. The third-order valence-electron chi connectivity index (χ3n) is 14.1. The average Bonchev–Trinajstić information content (AvgIpc) is 3.44. The topological polar surface area (TPSA) is 286 Å². The number of aliphatic carboxylic acids is 1. The number of carbonyl (C=O) groups is 7. The summed E-state index contributed by atoms with van der Waals surface area (Å²) < 4.78 is 46.0. The molecule has 20 heteroatoms. The number of esters is 3. The summed E-state index contributed by atoms with van der Waals surface area (Å²) in [5.41, 5.74) is -14.2. The molecule has 352 valence electrons. The predicted octanol–water partition coefficient (Wildman–Crippen LogP) is 2.51. The van der Waals surface area contributed by atoms with Gasteiger partial charge in [-0.1, -0.05) is 32.0 Å². The van der Waals surface area contributed by atoms with Crippen LogP contribution in [0.15, 0.2) is 41.5 Å². The smallest absolute Gasteiger partial charge is 0.481 e. The van der Waals surface area contributed by atoms with Gasteiger partial charge in [-0.25, -0.2) is 19.2 Å². The highest BCUT2D eigenvalue weighted by atomic mass is 16.8. The highest BCUT2D eigenvalue weighted by Crippen LogP contribution is 2.65. The van der Waals surface area contributed by atoms with Crippen LogP contribution in [0.3, 0.4) is 0 Å². The number of fused-ring (bicyclic) bond motifs is 5. The minimum atomic E-state index is -2.56. The number of methoxy groups -OCH3 is 1. The summed E-state index contributed by atoms with van der Waals surface area (Å²) in [7, 11) is 1.04. The summed E-state index contributed by atoms with van der Waals surface area (Å²) in [5, 5.41) is 49.6. The number of aliphatic hydroxyl groups excluding tert-OH is 2. The van der Waals surface area contributed by atoms with Crippen LogP contribution in [-0.2, 0) is 57.1 Å². The molecule has 2 bridgehead atoms. The molecule has 2 saturated heterocycles. The van der Waals surface area contributed by atoms with Crippen molar-refractivity contribution in [3.8, 4) is 0 Å². The lowest BCUT2D eigenvalue weighted by atomic mass is 9.44. The zero-order valence-corrected chi connectivity index (χ0v) is 37.5. The Balaban J connectivity index is 1.59. The Labute approximate surface area is 368 Å². The Morgan fingerprint density at radius 2 is 1.56 bits per heavy atom. The number of alkyl carbamates (subject to hydrolysis) is 1. The zero-order valence-electron chi connectivity index (χ0n) is 37.5. The maximum Gasteiger partial charge on any atom is 0.508 e. The molecule has 5 aliphatic rings. The van der Waals surface area contributed by atoms with Gasteiger partial charge < -0.3 is 63.6 Å². The summed E-state index contributed by atoms with van der Waals surface area (Å²) in [6, 6.07) is 5.77. The molecule has 1 amide bonds. The van der Waals surface area contributed by atoms with Gasteiger partial charge >= 0.3 is 36.1 Å². The zero-order chi connectivity index (χ0) is 47.9. The van der Waals surface area contributed by atoms with Gasteiger partial charge in [-0.3, -0.25) is 14.4 Å². The number of rotatable bonds is 8. The van der Waals surface area contributed by atoms with Crippen LogP contribution in [0.5, 0.6) is 0 Å². The first-order chi connectivity index (χ1) is 29.5. The van der Waals surface area contributed by atoms with Gasteiger partial charge in [0.1, 0.15) is 34.4 Å². The molecular formula is C44H57NO19. The minimum Gasteiger partial charge on any atom is -0.481 e. The molecule has 2 saturated carbocycles. The predicted molar refractivity (Wildman–Crippen MR) is 215 cm³/mol. The second-order valence-corrected chi connectivity index (χ2v) is 19.4. The van der Waals surface area contributed by atoms with E-state index >= 15 is 4.79 Å². The fourth-order valence-corrected chi connectivity index (χ4v) is 10.4. The van der Waals surface area contributed by atoms with E-state index in [0.29, 0.717) is 0 Å². The number of carboxylic acids is 1. The third-order valence-corrected chi connectivity index (χ3v) is 14.1. The first-order valence-electron chi connectivity index (χ1n) is 20.7. The largest absolute Gasteiger partial charge is 0.508 e. The van der Waals surface area contributed by atoms with E-state index in [9.17, 15) is 49.2 Å². The first kappa shape index (κ1) is 48.3. The van der Waals surface area contributed by atoms with Crippen molar-refractivity contribution in [1.29, 1.82) is 0 Å². The van der Waals surface area contributed by atoms with E-state index < -0.39 is 142 Å². The molecule has 2 heterocycles.